The van der Waals surface area contributed by atoms with Crippen molar-refractivity contribution in [3.05, 3.63) is 12.2 Å². The fraction of sp³-hybridized carbons (Fsp3) is 0.923. The molecule has 0 aliphatic heterocycles. The zero-order valence-corrected chi connectivity index (χ0v) is 48.3. The van der Waals surface area contributed by atoms with Gasteiger partial charge >= 0.3 is 17.9 Å². The lowest BCUT2D eigenvalue weighted by atomic mass is 10.0. The Bertz CT molecular complexity index is 1100. The van der Waals surface area contributed by atoms with Crippen molar-refractivity contribution in [3.63, 3.8) is 0 Å². The Morgan fingerprint density at radius 3 is 0.704 bits per heavy atom. The van der Waals surface area contributed by atoms with E-state index < -0.39 is 6.10 Å². The Labute approximate surface area is 443 Å². The van der Waals surface area contributed by atoms with Crippen molar-refractivity contribution in [2.45, 2.75) is 374 Å². The topological polar surface area (TPSA) is 78.9 Å². The number of unbranched alkanes of at least 4 members (excludes halogenated alkanes) is 47. The van der Waals surface area contributed by atoms with Crippen LogP contribution in [0.1, 0.15) is 367 Å². The number of allylic oxidation sites excluding steroid dienone is 2. The molecule has 0 bridgehead atoms. The summed E-state index contributed by atoms with van der Waals surface area (Å²) >= 11 is 0. The number of esters is 3. The van der Waals surface area contributed by atoms with E-state index in [1.165, 1.54) is 263 Å². The zero-order chi connectivity index (χ0) is 51.4. The van der Waals surface area contributed by atoms with Crippen LogP contribution in [0.3, 0.4) is 0 Å². The molecular formula is C65H124O6. The molecule has 0 aromatic heterocycles. The van der Waals surface area contributed by atoms with Crippen molar-refractivity contribution in [1.82, 2.24) is 0 Å². The second kappa shape index (κ2) is 60.7. The third-order valence-corrected chi connectivity index (χ3v) is 14.8. The normalized spacial score (nSPS) is 12.0. The van der Waals surface area contributed by atoms with Crippen LogP contribution < -0.4 is 0 Å². The molecule has 0 spiro atoms. The SMILES string of the molecule is CCCCCCC/C=C\CCCCCCCC(=O)OC(COC(=O)CCCCCCCCCCCCCC)COC(=O)CCCCCCCCCCCCCCCCCCCCCCCCCCCCC. The second-order valence-electron chi connectivity index (χ2n) is 22.0. The lowest BCUT2D eigenvalue weighted by Gasteiger charge is -2.18. The minimum atomic E-state index is -0.769. The maximum absolute atomic E-state index is 12.8. The summed E-state index contributed by atoms with van der Waals surface area (Å²) in [5.74, 6) is -0.849. The summed E-state index contributed by atoms with van der Waals surface area (Å²) in [6.07, 6.45) is 70.9. The summed E-state index contributed by atoms with van der Waals surface area (Å²) in [5.41, 5.74) is 0. The van der Waals surface area contributed by atoms with E-state index in [9.17, 15) is 14.4 Å². The van der Waals surface area contributed by atoms with Crippen molar-refractivity contribution in [1.29, 1.82) is 0 Å². The summed E-state index contributed by atoms with van der Waals surface area (Å²) in [6.45, 7) is 6.69. The van der Waals surface area contributed by atoms with Crippen LogP contribution in [0.25, 0.3) is 0 Å². The molecule has 0 rings (SSSR count). The Morgan fingerprint density at radius 1 is 0.268 bits per heavy atom. The lowest BCUT2D eigenvalue weighted by molar-refractivity contribution is -0.167. The van der Waals surface area contributed by atoms with Gasteiger partial charge in [0.15, 0.2) is 6.10 Å². The molecule has 0 amide bonds. The van der Waals surface area contributed by atoms with Crippen molar-refractivity contribution < 1.29 is 28.6 Å². The fourth-order valence-corrected chi connectivity index (χ4v) is 9.91. The maximum Gasteiger partial charge on any atom is 0.306 e. The first-order valence-electron chi connectivity index (χ1n) is 32.2. The molecule has 0 aromatic carbocycles. The number of carbonyl (C=O) groups is 3. The van der Waals surface area contributed by atoms with E-state index in [2.05, 4.69) is 32.9 Å². The third kappa shape index (κ3) is 58.9. The maximum atomic E-state index is 12.8. The Morgan fingerprint density at radius 2 is 0.465 bits per heavy atom. The van der Waals surface area contributed by atoms with Crippen molar-refractivity contribution in [2.75, 3.05) is 13.2 Å². The van der Waals surface area contributed by atoms with E-state index in [4.69, 9.17) is 14.2 Å². The second-order valence-corrected chi connectivity index (χ2v) is 22.0. The largest absolute Gasteiger partial charge is 0.462 e. The fourth-order valence-electron chi connectivity index (χ4n) is 9.91. The van der Waals surface area contributed by atoms with Crippen molar-refractivity contribution in [3.8, 4) is 0 Å². The molecule has 6 heteroatoms. The quantitative estimate of drug-likeness (QED) is 0.0261. The molecule has 0 aliphatic rings. The predicted molar refractivity (Wildman–Crippen MR) is 307 cm³/mol. The molecule has 0 saturated heterocycles. The van der Waals surface area contributed by atoms with Gasteiger partial charge in [-0.3, -0.25) is 14.4 Å². The highest BCUT2D eigenvalue weighted by Gasteiger charge is 2.19. The minimum Gasteiger partial charge on any atom is -0.462 e. The van der Waals surface area contributed by atoms with Gasteiger partial charge in [-0.1, -0.05) is 315 Å². The van der Waals surface area contributed by atoms with Crippen LogP contribution in [0.4, 0.5) is 0 Å². The molecule has 0 aliphatic carbocycles. The first-order chi connectivity index (χ1) is 35.0. The van der Waals surface area contributed by atoms with Crippen LogP contribution >= 0.6 is 0 Å². The molecular weight excluding hydrogens is 877 g/mol. The van der Waals surface area contributed by atoms with Gasteiger partial charge in [-0.2, -0.15) is 0 Å². The van der Waals surface area contributed by atoms with Crippen LogP contribution in [-0.4, -0.2) is 37.2 Å². The summed E-state index contributed by atoms with van der Waals surface area (Å²) in [6, 6.07) is 0. The summed E-state index contributed by atoms with van der Waals surface area (Å²) in [4.78, 5) is 38.2. The van der Waals surface area contributed by atoms with E-state index in [0.29, 0.717) is 19.3 Å². The number of hydrogen-bond acceptors (Lipinski definition) is 6. The smallest absolute Gasteiger partial charge is 0.306 e. The minimum absolute atomic E-state index is 0.0672. The number of ether oxygens (including phenoxy) is 3. The van der Waals surface area contributed by atoms with E-state index in [0.717, 1.165) is 64.2 Å². The summed E-state index contributed by atoms with van der Waals surface area (Å²) in [5, 5.41) is 0. The van der Waals surface area contributed by atoms with Gasteiger partial charge in [0.25, 0.3) is 0 Å². The summed E-state index contributed by atoms with van der Waals surface area (Å²) < 4.78 is 16.9. The molecule has 6 nitrogen and oxygen atoms in total. The molecule has 0 N–H and O–H groups in total. The highest BCUT2D eigenvalue weighted by Crippen LogP contribution is 2.18. The Hall–Kier alpha value is -1.85. The Kier molecular flexibility index (Phi) is 59.1. The van der Waals surface area contributed by atoms with Gasteiger partial charge in [-0.05, 0) is 44.9 Å². The van der Waals surface area contributed by atoms with Crippen LogP contribution in [0, 0.1) is 0 Å². The van der Waals surface area contributed by atoms with Crippen molar-refractivity contribution in [2.24, 2.45) is 0 Å². The zero-order valence-electron chi connectivity index (χ0n) is 48.3. The molecule has 0 aromatic rings. The number of carbonyl (C=O) groups excluding carboxylic acids is 3. The highest BCUT2D eigenvalue weighted by atomic mass is 16.6. The van der Waals surface area contributed by atoms with Crippen LogP contribution in [-0.2, 0) is 28.6 Å². The lowest BCUT2D eigenvalue weighted by Crippen LogP contribution is -2.30. The molecule has 1 atom stereocenters. The Balaban J connectivity index is 4.13. The molecule has 0 heterocycles. The van der Waals surface area contributed by atoms with E-state index >= 15 is 0 Å². The van der Waals surface area contributed by atoms with Gasteiger partial charge in [0.1, 0.15) is 13.2 Å². The van der Waals surface area contributed by atoms with Crippen molar-refractivity contribution >= 4 is 17.9 Å². The van der Waals surface area contributed by atoms with Gasteiger partial charge in [-0.15, -0.1) is 0 Å². The molecule has 420 valence electrons. The van der Waals surface area contributed by atoms with Crippen LogP contribution in [0.15, 0.2) is 12.2 Å². The molecule has 0 fully saturated rings. The van der Waals surface area contributed by atoms with Crippen LogP contribution in [0.5, 0.6) is 0 Å². The van der Waals surface area contributed by atoms with E-state index in [-0.39, 0.29) is 31.1 Å². The van der Waals surface area contributed by atoms with Gasteiger partial charge in [0, 0.05) is 19.3 Å². The van der Waals surface area contributed by atoms with Gasteiger partial charge < -0.3 is 14.2 Å². The van der Waals surface area contributed by atoms with Gasteiger partial charge in [-0.25, -0.2) is 0 Å². The third-order valence-electron chi connectivity index (χ3n) is 14.8. The number of rotatable bonds is 60. The molecule has 71 heavy (non-hydrogen) atoms. The average molecular weight is 1000 g/mol. The van der Waals surface area contributed by atoms with Gasteiger partial charge in [0.2, 0.25) is 0 Å². The standard InChI is InChI=1S/C65H124O6/c1-4-7-10-13-16-19-22-25-27-28-29-30-31-32-33-34-35-36-37-38-39-41-43-46-49-52-55-58-64(67)70-61-62(60-69-63(66)57-54-51-48-45-42-24-21-18-15-12-9-6-3)71-65(68)59-56-53-50-47-44-40-26-23-20-17-14-11-8-5-2/h23,26,62H,4-22,24-25,27-61H2,1-3H3/b26-23-. The highest BCUT2D eigenvalue weighted by molar-refractivity contribution is 5.71. The van der Waals surface area contributed by atoms with E-state index in [1.54, 1.807) is 0 Å². The number of hydrogen-bond donors (Lipinski definition) is 0. The van der Waals surface area contributed by atoms with Gasteiger partial charge in [0.05, 0.1) is 0 Å². The first-order valence-corrected chi connectivity index (χ1v) is 32.2. The summed E-state index contributed by atoms with van der Waals surface area (Å²) in [7, 11) is 0. The van der Waals surface area contributed by atoms with Crippen LogP contribution in [0.2, 0.25) is 0 Å². The monoisotopic (exact) mass is 1000 g/mol. The predicted octanol–water partition coefficient (Wildman–Crippen LogP) is 21.7. The molecule has 0 radical (unpaired) electrons. The molecule has 0 saturated carbocycles. The average Bonchev–Trinajstić information content (AvgIpc) is 3.37. The molecule has 1 unspecified atom stereocenters. The van der Waals surface area contributed by atoms with E-state index in [1.807, 2.05) is 0 Å². The first kappa shape index (κ1) is 69.2.